The predicted molar refractivity (Wildman–Crippen MR) is 84.4 cm³/mol. The summed E-state index contributed by atoms with van der Waals surface area (Å²) in [6.45, 7) is 8.08. The van der Waals surface area contributed by atoms with Gasteiger partial charge in [0, 0.05) is 25.2 Å². The Bertz CT molecular complexity index is 382. The fourth-order valence-corrected chi connectivity index (χ4v) is 2.82. The largest absolute Gasteiger partial charge is 0.497 e. The summed E-state index contributed by atoms with van der Waals surface area (Å²) in [7, 11) is 1.71. The summed E-state index contributed by atoms with van der Waals surface area (Å²) in [5.74, 6) is 0.935. The van der Waals surface area contributed by atoms with Gasteiger partial charge in [0.1, 0.15) is 5.75 Å². The van der Waals surface area contributed by atoms with Gasteiger partial charge in [-0.15, -0.1) is 0 Å². The van der Waals surface area contributed by atoms with E-state index in [4.69, 9.17) is 4.74 Å². The molecular weight excluding hydrogens is 248 g/mol. The van der Waals surface area contributed by atoms with E-state index in [0.717, 1.165) is 18.7 Å². The topological polar surface area (TPSA) is 24.5 Å². The van der Waals surface area contributed by atoms with Gasteiger partial charge >= 0.3 is 0 Å². The van der Waals surface area contributed by atoms with Gasteiger partial charge < -0.3 is 10.1 Å². The first-order valence-electron chi connectivity index (χ1n) is 7.79. The third-order valence-electron chi connectivity index (χ3n) is 4.19. The van der Waals surface area contributed by atoms with E-state index in [2.05, 4.69) is 36.2 Å². The van der Waals surface area contributed by atoms with Crippen molar-refractivity contribution in [3.05, 3.63) is 29.8 Å². The van der Waals surface area contributed by atoms with E-state index >= 15 is 0 Å². The Kier molecular flexibility index (Phi) is 5.86. The van der Waals surface area contributed by atoms with E-state index in [-0.39, 0.29) is 0 Å². The number of benzene rings is 1. The van der Waals surface area contributed by atoms with E-state index < -0.39 is 0 Å². The van der Waals surface area contributed by atoms with Crippen molar-refractivity contribution in [1.82, 2.24) is 10.2 Å². The zero-order valence-corrected chi connectivity index (χ0v) is 13.1. The van der Waals surface area contributed by atoms with Crippen molar-refractivity contribution in [1.29, 1.82) is 0 Å². The van der Waals surface area contributed by atoms with Crippen LogP contribution in [-0.4, -0.2) is 43.7 Å². The van der Waals surface area contributed by atoms with Crippen molar-refractivity contribution in [2.24, 2.45) is 0 Å². The van der Waals surface area contributed by atoms with Crippen LogP contribution in [0.5, 0.6) is 5.75 Å². The molecule has 0 aromatic heterocycles. The van der Waals surface area contributed by atoms with Gasteiger partial charge in [0.2, 0.25) is 0 Å². The second kappa shape index (κ2) is 7.65. The first-order chi connectivity index (χ1) is 9.69. The number of nitrogens with one attached hydrogen (secondary N) is 1. The minimum absolute atomic E-state index is 0.607. The van der Waals surface area contributed by atoms with Crippen molar-refractivity contribution >= 4 is 0 Å². The molecule has 1 saturated heterocycles. The van der Waals surface area contributed by atoms with Gasteiger partial charge in [0.05, 0.1) is 7.11 Å². The van der Waals surface area contributed by atoms with Crippen molar-refractivity contribution < 1.29 is 4.74 Å². The van der Waals surface area contributed by atoms with E-state index in [9.17, 15) is 0 Å². The summed E-state index contributed by atoms with van der Waals surface area (Å²) >= 11 is 0. The lowest BCUT2D eigenvalue weighted by Crippen LogP contribution is -2.42. The molecule has 1 aliphatic heterocycles. The summed E-state index contributed by atoms with van der Waals surface area (Å²) in [5, 5.41) is 3.60. The Balaban J connectivity index is 1.84. The number of methoxy groups -OCH3 is 1. The molecule has 1 aromatic rings. The lowest BCUT2D eigenvalue weighted by atomic mass is 10.1. The van der Waals surface area contributed by atoms with Crippen molar-refractivity contribution in [3.63, 3.8) is 0 Å². The van der Waals surface area contributed by atoms with Gasteiger partial charge in [-0.2, -0.15) is 0 Å². The fourth-order valence-electron chi connectivity index (χ4n) is 2.82. The molecule has 1 N–H and O–H groups in total. The molecule has 20 heavy (non-hydrogen) atoms. The van der Waals surface area contributed by atoms with Gasteiger partial charge in [-0.1, -0.05) is 12.1 Å². The average Bonchev–Trinajstić information content (AvgIpc) is 2.96. The van der Waals surface area contributed by atoms with Crippen molar-refractivity contribution in [2.75, 3.05) is 26.7 Å². The molecule has 1 aliphatic rings. The smallest absolute Gasteiger partial charge is 0.118 e. The quantitative estimate of drug-likeness (QED) is 0.828. The molecule has 3 nitrogen and oxygen atoms in total. The first-order valence-corrected chi connectivity index (χ1v) is 7.79. The summed E-state index contributed by atoms with van der Waals surface area (Å²) in [6.07, 6.45) is 3.76. The molecule has 0 spiro atoms. The van der Waals surface area contributed by atoms with E-state index in [1.165, 1.54) is 31.5 Å². The SMILES string of the molecule is COc1ccc(CCN(CC2CCCN2)C(C)C)cc1. The van der Waals surface area contributed by atoms with Crippen LogP contribution in [0.25, 0.3) is 0 Å². The summed E-state index contributed by atoms with van der Waals surface area (Å²) in [5.41, 5.74) is 1.39. The van der Waals surface area contributed by atoms with Crippen LogP contribution in [0.3, 0.4) is 0 Å². The van der Waals surface area contributed by atoms with E-state index in [0.29, 0.717) is 12.1 Å². The Morgan fingerprint density at radius 2 is 2.05 bits per heavy atom. The normalized spacial score (nSPS) is 18.9. The Hall–Kier alpha value is -1.06. The molecule has 112 valence electrons. The Labute approximate surface area is 123 Å². The van der Waals surface area contributed by atoms with Crippen LogP contribution in [0.4, 0.5) is 0 Å². The van der Waals surface area contributed by atoms with Crippen LogP contribution < -0.4 is 10.1 Å². The molecule has 1 aromatic carbocycles. The highest BCUT2D eigenvalue weighted by Crippen LogP contribution is 2.14. The van der Waals surface area contributed by atoms with Crippen LogP contribution >= 0.6 is 0 Å². The Morgan fingerprint density at radius 3 is 2.60 bits per heavy atom. The maximum atomic E-state index is 5.20. The van der Waals surface area contributed by atoms with Crippen LogP contribution in [0, 0.1) is 0 Å². The molecule has 1 fully saturated rings. The van der Waals surface area contributed by atoms with Gasteiger partial charge in [-0.05, 0) is 57.4 Å². The zero-order valence-electron chi connectivity index (χ0n) is 13.1. The first kappa shape index (κ1) is 15.3. The second-order valence-electron chi connectivity index (χ2n) is 5.98. The van der Waals surface area contributed by atoms with Crippen LogP contribution in [0.15, 0.2) is 24.3 Å². The highest BCUT2D eigenvalue weighted by Gasteiger charge is 2.19. The lowest BCUT2D eigenvalue weighted by Gasteiger charge is -2.29. The van der Waals surface area contributed by atoms with Gasteiger partial charge in [-0.25, -0.2) is 0 Å². The molecule has 0 bridgehead atoms. The number of ether oxygens (including phenoxy) is 1. The molecule has 0 aliphatic carbocycles. The van der Waals surface area contributed by atoms with Gasteiger partial charge in [-0.3, -0.25) is 4.90 Å². The molecule has 0 amide bonds. The van der Waals surface area contributed by atoms with E-state index in [1.54, 1.807) is 7.11 Å². The molecule has 1 heterocycles. The molecule has 1 atom stereocenters. The average molecular weight is 276 g/mol. The molecule has 0 radical (unpaired) electrons. The maximum absolute atomic E-state index is 5.20. The number of nitrogens with zero attached hydrogens (tertiary/aromatic N) is 1. The highest BCUT2D eigenvalue weighted by molar-refractivity contribution is 5.27. The standard InChI is InChI=1S/C17H28N2O/c1-14(2)19(13-16-5-4-11-18-16)12-10-15-6-8-17(20-3)9-7-15/h6-9,14,16,18H,4-5,10-13H2,1-3H3. The number of rotatable bonds is 7. The minimum Gasteiger partial charge on any atom is -0.497 e. The number of hydrogen-bond donors (Lipinski definition) is 1. The van der Waals surface area contributed by atoms with Gasteiger partial charge in [0.15, 0.2) is 0 Å². The third-order valence-corrected chi connectivity index (χ3v) is 4.19. The fraction of sp³-hybridized carbons (Fsp3) is 0.647. The summed E-state index contributed by atoms with van der Waals surface area (Å²) < 4.78 is 5.20. The van der Waals surface area contributed by atoms with Crippen LogP contribution in [0.2, 0.25) is 0 Å². The number of hydrogen-bond acceptors (Lipinski definition) is 3. The molecule has 2 rings (SSSR count). The van der Waals surface area contributed by atoms with Crippen LogP contribution in [-0.2, 0) is 6.42 Å². The molecule has 1 unspecified atom stereocenters. The summed E-state index contributed by atoms with van der Waals surface area (Å²) in [4.78, 5) is 2.59. The lowest BCUT2D eigenvalue weighted by molar-refractivity contribution is 0.205. The van der Waals surface area contributed by atoms with Gasteiger partial charge in [0.25, 0.3) is 0 Å². The second-order valence-corrected chi connectivity index (χ2v) is 5.98. The maximum Gasteiger partial charge on any atom is 0.118 e. The monoisotopic (exact) mass is 276 g/mol. The molecule has 3 heteroatoms. The predicted octanol–water partition coefficient (Wildman–Crippen LogP) is 2.70. The third kappa shape index (κ3) is 4.50. The van der Waals surface area contributed by atoms with E-state index in [1.807, 2.05) is 12.1 Å². The molecular formula is C17H28N2O. The Morgan fingerprint density at radius 1 is 1.30 bits per heavy atom. The van der Waals surface area contributed by atoms with Crippen molar-refractivity contribution in [2.45, 2.75) is 45.2 Å². The minimum atomic E-state index is 0.607. The zero-order chi connectivity index (χ0) is 14.4. The van der Waals surface area contributed by atoms with Crippen LogP contribution in [0.1, 0.15) is 32.3 Å². The summed E-state index contributed by atoms with van der Waals surface area (Å²) in [6, 6.07) is 9.74. The van der Waals surface area contributed by atoms with Crippen molar-refractivity contribution in [3.8, 4) is 5.75 Å². The molecule has 0 saturated carbocycles. The highest BCUT2D eigenvalue weighted by atomic mass is 16.5.